The van der Waals surface area contributed by atoms with E-state index < -0.39 is 0 Å². The monoisotopic (exact) mass is 158 g/mol. The van der Waals surface area contributed by atoms with E-state index >= 15 is 0 Å². The lowest BCUT2D eigenvalue weighted by Crippen LogP contribution is -2.33. The minimum Gasteiger partial charge on any atom is -0.309 e. The lowest BCUT2D eigenvalue weighted by molar-refractivity contribution is -0.170. The van der Waals surface area contributed by atoms with Gasteiger partial charge in [0.05, 0.1) is 13.0 Å². The Hall–Kier alpha value is -0.900. The maximum absolute atomic E-state index is 11.2. The molecular formula is C7H14N2O2. The fourth-order valence-electron chi connectivity index (χ4n) is 0.548. The average Bonchev–Trinajstić information content (AvgIpc) is 2.00. The van der Waals surface area contributed by atoms with E-state index in [1.165, 1.54) is 14.2 Å². The molecule has 0 bridgehead atoms. The first-order valence-corrected chi connectivity index (χ1v) is 3.37. The van der Waals surface area contributed by atoms with E-state index in [1.54, 1.807) is 13.8 Å². The van der Waals surface area contributed by atoms with Crippen molar-refractivity contribution in [3.63, 3.8) is 0 Å². The first-order valence-electron chi connectivity index (χ1n) is 3.37. The van der Waals surface area contributed by atoms with Crippen LogP contribution in [0, 0.1) is 11.3 Å². The predicted molar refractivity (Wildman–Crippen MR) is 42.3 cm³/mol. The van der Waals surface area contributed by atoms with Crippen molar-refractivity contribution >= 4 is 11.6 Å². The van der Waals surface area contributed by atoms with Crippen molar-refractivity contribution in [1.82, 2.24) is 5.06 Å². The summed E-state index contributed by atoms with van der Waals surface area (Å²) in [6.45, 7) is 3.28. The second-order valence-corrected chi connectivity index (χ2v) is 2.42. The second kappa shape index (κ2) is 4.08. The number of hydroxylamine groups is 2. The third-order valence-corrected chi connectivity index (χ3v) is 1.60. The number of hydrogen-bond acceptors (Lipinski definition) is 3. The van der Waals surface area contributed by atoms with Crippen LogP contribution in [-0.4, -0.2) is 30.8 Å². The molecule has 11 heavy (non-hydrogen) atoms. The summed E-state index contributed by atoms with van der Waals surface area (Å²) >= 11 is 0. The fraction of sp³-hybridized carbons (Fsp3) is 0.714. The molecule has 4 heteroatoms. The van der Waals surface area contributed by atoms with E-state index in [9.17, 15) is 4.79 Å². The van der Waals surface area contributed by atoms with Crippen molar-refractivity contribution in [3.05, 3.63) is 0 Å². The smallest absolute Gasteiger partial charge is 0.254 e. The summed E-state index contributed by atoms with van der Waals surface area (Å²) in [5.41, 5.74) is 0.346. The van der Waals surface area contributed by atoms with Crippen LogP contribution in [0.1, 0.15) is 13.8 Å². The lowest BCUT2D eigenvalue weighted by Gasteiger charge is -2.17. The van der Waals surface area contributed by atoms with E-state index in [-0.39, 0.29) is 11.8 Å². The van der Waals surface area contributed by atoms with Crippen LogP contribution in [0.25, 0.3) is 0 Å². The topological polar surface area (TPSA) is 53.4 Å². The zero-order valence-electron chi connectivity index (χ0n) is 7.34. The van der Waals surface area contributed by atoms with Gasteiger partial charge in [-0.2, -0.15) is 0 Å². The highest BCUT2D eigenvalue weighted by Crippen LogP contribution is 2.01. The molecule has 0 aliphatic heterocycles. The largest absolute Gasteiger partial charge is 0.309 e. The van der Waals surface area contributed by atoms with Crippen molar-refractivity contribution in [1.29, 1.82) is 5.41 Å². The Kier molecular flexibility index (Phi) is 3.74. The van der Waals surface area contributed by atoms with Gasteiger partial charge in [-0.3, -0.25) is 9.63 Å². The summed E-state index contributed by atoms with van der Waals surface area (Å²) in [6.07, 6.45) is 0. The molecule has 0 saturated heterocycles. The second-order valence-electron chi connectivity index (χ2n) is 2.42. The maximum Gasteiger partial charge on any atom is 0.254 e. The Labute approximate surface area is 66.6 Å². The highest BCUT2D eigenvalue weighted by Gasteiger charge is 2.18. The third kappa shape index (κ3) is 2.67. The van der Waals surface area contributed by atoms with Crippen molar-refractivity contribution in [2.24, 2.45) is 5.92 Å². The molecule has 0 aliphatic carbocycles. The van der Waals surface area contributed by atoms with Gasteiger partial charge in [0, 0.05) is 12.8 Å². The van der Waals surface area contributed by atoms with Gasteiger partial charge in [-0.15, -0.1) is 0 Å². The molecular weight excluding hydrogens is 144 g/mol. The van der Waals surface area contributed by atoms with Crippen LogP contribution in [0.4, 0.5) is 0 Å². The molecule has 0 saturated carbocycles. The standard InChI is InChI=1S/C7H14N2O2/c1-5(6(2)8)7(10)9(3)11-4/h5,8H,1-4H3. The molecule has 0 aliphatic rings. The van der Waals surface area contributed by atoms with E-state index in [1.807, 2.05) is 0 Å². The van der Waals surface area contributed by atoms with Crippen LogP contribution in [0.15, 0.2) is 0 Å². The molecule has 1 atom stereocenters. The molecule has 64 valence electrons. The Morgan fingerprint density at radius 1 is 1.64 bits per heavy atom. The summed E-state index contributed by atoms with van der Waals surface area (Å²) in [5.74, 6) is -0.583. The third-order valence-electron chi connectivity index (χ3n) is 1.60. The van der Waals surface area contributed by atoms with Crippen LogP contribution < -0.4 is 0 Å². The molecule has 0 fully saturated rings. The first-order chi connectivity index (χ1) is 5.00. The lowest BCUT2D eigenvalue weighted by atomic mass is 10.1. The molecule has 0 radical (unpaired) electrons. The van der Waals surface area contributed by atoms with Gasteiger partial charge < -0.3 is 5.41 Å². The van der Waals surface area contributed by atoms with Gasteiger partial charge in [0.25, 0.3) is 5.91 Å². The van der Waals surface area contributed by atoms with E-state index in [4.69, 9.17) is 5.41 Å². The molecule has 0 rings (SSSR count). The SMILES string of the molecule is CON(C)C(=O)C(C)C(C)=N. The predicted octanol–water partition coefficient (Wildman–Crippen LogP) is 0.682. The fourth-order valence-corrected chi connectivity index (χ4v) is 0.548. The first kappa shape index (κ1) is 10.1. The average molecular weight is 158 g/mol. The van der Waals surface area contributed by atoms with Gasteiger partial charge in [0.2, 0.25) is 0 Å². The summed E-state index contributed by atoms with van der Waals surface area (Å²) in [5, 5.41) is 8.32. The molecule has 1 unspecified atom stereocenters. The van der Waals surface area contributed by atoms with Crippen molar-refractivity contribution in [3.8, 4) is 0 Å². The number of rotatable bonds is 3. The van der Waals surface area contributed by atoms with Gasteiger partial charge in [-0.05, 0) is 13.8 Å². The van der Waals surface area contributed by atoms with Crippen molar-refractivity contribution < 1.29 is 9.63 Å². The number of nitrogens with one attached hydrogen (secondary N) is 1. The number of carbonyl (C=O) groups excluding carboxylic acids is 1. The van der Waals surface area contributed by atoms with Gasteiger partial charge in [-0.25, -0.2) is 5.06 Å². The molecule has 0 aromatic carbocycles. The molecule has 1 N–H and O–H groups in total. The summed E-state index contributed by atoms with van der Waals surface area (Å²) in [4.78, 5) is 15.8. The van der Waals surface area contributed by atoms with Crippen LogP contribution in [0.2, 0.25) is 0 Å². The van der Waals surface area contributed by atoms with Gasteiger partial charge in [-0.1, -0.05) is 0 Å². The molecule has 0 spiro atoms. The molecule has 1 amide bonds. The minimum absolute atomic E-state index is 0.194. The number of carbonyl (C=O) groups is 1. The molecule has 4 nitrogen and oxygen atoms in total. The molecule has 0 heterocycles. The van der Waals surface area contributed by atoms with Gasteiger partial charge in [0.15, 0.2) is 0 Å². The van der Waals surface area contributed by atoms with Crippen molar-refractivity contribution in [2.75, 3.05) is 14.2 Å². The van der Waals surface area contributed by atoms with Gasteiger partial charge in [0.1, 0.15) is 0 Å². The summed E-state index contributed by atoms with van der Waals surface area (Å²) < 4.78 is 0. The Balaban J connectivity index is 4.13. The normalized spacial score (nSPS) is 12.4. The zero-order valence-corrected chi connectivity index (χ0v) is 7.34. The van der Waals surface area contributed by atoms with E-state index in [0.717, 1.165) is 5.06 Å². The molecule has 0 aromatic rings. The minimum atomic E-state index is -0.389. The zero-order chi connectivity index (χ0) is 9.02. The van der Waals surface area contributed by atoms with E-state index in [0.29, 0.717) is 5.71 Å². The Morgan fingerprint density at radius 2 is 2.09 bits per heavy atom. The maximum atomic E-state index is 11.2. The van der Waals surface area contributed by atoms with E-state index in [2.05, 4.69) is 4.84 Å². The van der Waals surface area contributed by atoms with Crippen LogP contribution >= 0.6 is 0 Å². The van der Waals surface area contributed by atoms with Crippen LogP contribution in [0.5, 0.6) is 0 Å². The highest BCUT2D eigenvalue weighted by atomic mass is 16.7. The van der Waals surface area contributed by atoms with Crippen molar-refractivity contribution in [2.45, 2.75) is 13.8 Å². The molecule has 0 aromatic heterocycles. The Morgan fingerprint density at radius 3 is 2.36 bits per heavy atom. The summed E-state index contributed by atoms with van der Waals surface area (Å²) in [7, 11) is 2.95. The van der Waals surface area contributed by atoms with Gasteiger partial charge >= 0.3 is 0 Å². The highest BCUT2D eigenvalue weighted by molar-refractivity contribution is 6.00. The number of amides is 1. The number of nitrogens with zero attached hydrogens (tertiary/aromatic N) is 1. The Bertz CT molecular complexity index is 168. The van der Waals surface area contributed by atoms with Crippen LogP contribution in [0.3, 0.4) is 0 Å². The quantitative estimate of drug-likeness (QED) is 0.485. The summed E-state index contributed by atoms with van der Waals surface area (Å²) in [6, 6.07) is 0. The number of hydrogen-bond donors (Lipinski definition) is 1. The van der Waals surface area contributed by atoms with Crippen LogP contribution in [-0.2, 0) is 9.63 Å².